The largest absolute Gasteiger partial charge is 0.352 e. The Kier molecular flexibility index (Phi) is 7.21. The molecule has 0 bridgehead atoms. The zero-order valence-electron chi connectivity index (χ0n) is 16.4. The zero-order valence-corrected chi connectivity index (χ0v) is 16.4. The summed E-state index contributed by atoms with van der Waals surface area (Å²) in [5.74, 6) is 0.511. The average molecular weight is 373 g/mol. The van der Waals surface area contributed by atoms with E-state index in [0.717, 1.165) is 63.8 Å². The van der Waals surface area contributed by atoms with E-state index in [1.54, 1.807) is 12.4 Å². The molecule has 0 saturated carbocycles. The standard InChI is InChI=1S/C21H32N4O2/c1-2-5-20(26)24-12-8-19(9-13-24)25-11-4-7-18(16-25)21(27)23-15-17-6-3-10-22-14-17/h3,6,10,14,18-19H,2,4-5,7-9,11-13,15-16H2,1H3,(H,23,27). The molecule has 1 aromatic heterocycles. The van der Waals surface area contributed by atoms with E-state index >= 15 is 0 Å². The molecule has 0 spiro atoms. The maximum absolute atomic E-state index is 12.6. The third kappa shape index (κ3) is 5.51. The van der Waals surface area contributed by atoms with Gasteiger partial charge in [-0.2, -0.15) is 0 Å². The molecule has 1 aromatic rings. The molecule has 0 aromatic carbocycles. The number of hydrogen-bond donors (Lipinski definition) is 1. The van der Waals surface area contributed by atoms with E-state index in [4.69, 9.17) is 0 Å². The maximum Gasteiger partial charge on any atom is 0.224 e. The number of aromatic nitrogens is 1. The van der Waals surface area contributed by atoms with Crippen LogP contribution in [0.1, 0.15) is 51.0 Å². The molecule has 1 N–H and O–H groups in total. The maximum atomic E-state index is 12.6. The summed E-state index contributed by atoms with van der Waals surface area (Å²) in [4.78, 5) is 33.3. The fourth-order valence-corrected chi connectivity index (χ4v) is 4.24. The van der Waals surface area contributed by atoms with Crippen molar-refractivity contribution in [1.29, 1.82) is 0 Å². The second-order valence-electron chi connectivity index (χ2n) is 7.78. The lowest BCUT2D eigenvalue weighted by atomic mass is 9.93. The SMILES string of the molecule is CCCC(=O)N1CCC(N2CCCC(C(=O)NCc3cccnc3)C2)CC1. The van der Waals surface area contributed by atoms with Gasteiger partial charge in [-0.15, -0.1) is 0 Å². The van der Waals surface area contributed by atoms with Gasteiger partial charge >= 0.3 is 0 Å². The van der Waals surface area contributed by atoms with E-state index in [2.05, 4.69) is 22.1 Å². The van der Waals surface area contributed by atoms with E-state index in [-0.39, 0.29) is 11.8 Å². The van der Waals surface area contributed by atoms with Gasteiger partial charge in [0.05, 0.1) is 5.92 Å². The van der Waals surface area contributed by atoms with Crippen LogP contribution in [0.3, 0.4) is 0 Å². The van der Waals surface area contributed by atoms with Crippen molar-refractivity contribution in [2.75, 3.05) is 26.2 Å². The molecule has 2 aliphatic heterocycles. The lowest BCUT2D eigenvalue weighted by Gasteiger charge is -2.42. The van der Waals surface area contributed by atoms with Gasteiger partial charge in [-0.25, -0.2) is 0 Å². The zero-order chi connectivity index (χ0) is 19.1. The Hall–Kier alpha value is -1.95. The number of piperidine rings is 2. The molecule has 1 atom stereocenters. The Morgan fingerprint density at radius 2 is 2.04 bits per heavy atom. The molecule has 1 unspecified atom stereocenters. The second-order valence-corrected chi connectivity index (χ2v) is 7.78. The van der Waals surface area contributed by atoms with Crippen LogP contribution in [0.5, 0.6) is 0 Å². The van der Waals surface area contributed by atoms with Crippen molar-refractivity contribution >= 4 is 11.8 Å². The van der Waals surface area contributed by atoms with Crippen molar-refractivity contribution in [2.45, 2.75) is 58.0 Å². The first-order chi connectivity index (χ1) is 13.2. The molecule has 2 saturated heterocycles. The smallest absolute Gasteiger partial charge is 0.224 e. The third-order valence-electron chi connectivity index (χ3n) is 5.81. The highest BCUT2D eigenvalue weighted by atomic mass is 16.2. The van der Waals surface area contributed by atoms with Gasteiger partial charge in [0.25, 0.3) is 0 Å². The van der Waals surface area contributed by atoms with Gasteiger partial charge in [-0.3, -0.25) is 19.5 Å². The Morgan fingerprint density at radius 3 is 2.74 bits per heavy atom. The highest BCUT2D eigenvalue weighted by Gasteiger charge is 2.32. The minimum Gasteiger partial charge on any atom is -0.352 e. The number of pyridine rings is 1. The van der Waals surface area contributed by atoms with Crippen LogP contribution >= 0.6 is 0 Å². The summed E-state index contributed by atoms with van der Waals surface area (Å²) in [6, 6.07) is 4.37. The Balaban J connectivity index is 1.45. The van der Waals surface area contributed by atoms with Crippen LogP contribution in [0, 0.1) is 5.92 Å². The minimum absolute atomic E-state index is 0.0650. The van der Waals surface area contributed by atoms with Crippen LogP contribution in [0.15, 0.2) is 24.5 Å². The van der Waals surface area contributed by atoms with Gasteiger partial charge in [0, 0.05) is 51.0 Å². The first kappa shape index (κ1) is 19.8. The fraction of sp³-hybridized carbons (Fsp3) is 0.667. The van der Waals surface area contributed by atoms with Crippen LogP contribution in [-0.4, -0.2) is 58.8 Å². The summed E-state index contributed by atoms with van der Waals surface area (Å²) in [6.07, 6.45) is 9.20. The number of carbonyl (C=O) groups excluding carboxylic acids is 2. The number of likely N-dealkylation sites (tertiary alicyclic amines) is 2. The van der Waals surface area contributed by atoms with Gasteiger partial charge in [0.2, 0.25) is 11.8 Å². The molecule has 6 nitrogen and oxygen atoms in total. The van der Waals surface area contributed by atoms with Gasteiger partial charge in [-0.1, -0.05) is 13.0 Å². The molecule has 3 rings (SSSR count). The van der Waals surface area contributed by atoms with Crippen LogP contribution in [0.4, 0.5) is 0 Å². The molecule has 148 valence electrons. The molecular formula is C21H32N4O2. The van der Waals surface area contributed by atoms with Crippen LogP contribution in [0.2, 0.25) is 0 Å². The van der Waals surface area contributed by atoms with Gasteiger partial charge in [0.1, 0.15) is 0 Å². The molecule has 0 aliphatic carbocycles. The molecule has 0 radical (unpaired) electrons. The highest BCUT2D eigenvalue weighted by Crippen LogP contribution is 2.24. The number of nitrogens with zero attached hydrogens (tertiary/aromatic N) is 3. The summed E-state index contributed by atoms with van der Waals surface area (Å²) in [5.41, 5.74) is 1.03. The lowest BCUT2D eigenvalue weighted by Crippen LogP contribution is -2.51. The fourth-order valence-electron chi connectivity index (χ4n) is 4.24. The van der Waals surface area contributed by atoms with Gasteiger partial charge in [0.15, 0.2) is 0 Å². The average Bonchev–Trinajstić information content (AvgIpc) is 2.73. The molecule has 6 heteroatoms. The lowest BCUT2D eigenvalue weighted by molar-refractivity contribution is -0.133. The van der Waals surface area contributed by atoms with Crippen molar-refractivity contribution < 1.29 is 9.59 Å². The highest BCUT2D eigenvalue weighted by molar-refractivity contribution is 5.79. The summed E-state index contributed by atoms with van der Waals surface area (Å²) in [6.45, 7) is 6.22. The molecule has 2 aliphatic rings. The molecule has 2 amide bonds. The number of nitrogens with one attached hydrogen (secondary N) is 1. The van der Waals surface area contributed by atoms with Gasteiger partial charge < -0.3 is 10.2 Å². The minimum atomic E-state index is 0.0650. The molecule has 3 heterocycles. The molecule has 27 heavy (non-hydrogen) atoms. The van der Waals surface area contributed by atoms with E-state index in [1.165, 1.54) is 0 Å². The van der Waals surface area contributed by atoms with Crippen molar-refractivity contribution in [3.63, 3.8) is 0 Å². The van der Waals surface area contributed by atoms with Crippen LogP contribution in [-0.2, 0) is 16.1 Å². The number of carbonyl (C=O) groups is 2. The second kappa shape index (κ2) is 9.83. The van der Waals surface area contributed by atoms with Gasteiger partial charge in [-0.05, 0) is 50.3 Å². The summed E-state index contributed by atoms with van der Waals surface area (Å²) < 4.78 is 0. The summed E-state index contributed by atoms with van der Waals surface area (Å²) in [7, 11) is 0. The quantitative estimate of drug-likeness (QED) is 0.831. The van der Waals surface area contributed by atoms with Crippen molar-refractivity contribution in [3.05, 3.63) is 30.1 Å². The van der Waals surface area contributed by atoms with Crippen molar-refractivity contribution in [3.8, 4) is 0 Å². The Morgan fingerprint density at radius 1 is 1.22 bits per heavy atom. The first-order valence-corrected chi connectivity index (χ1v) is 10.4. The van der Waals surface area contributed by atoms with Crippen LogP contribution < -0.4 is 5.32 Å². The summed E-state index contributed by atoms with van der Waals surface area (Å²) >= 11 is 0. The summed E-state index contributed by atoms with van der Waals surface area (Å²) in [5, 5.41) is 3.07. The van der Waals surface area contributed by atoms with E-state index < -0.39 is 0 Å². The number of rotatable bonds is 6. The predicted octanol–water partition coefficient (Wildman–Crippen LogP) is 2.20. The van der Waals surface area contributed by atoms with Crippen LogP contribution in [0.25, 0.3) is 0 Å². The Bertz CT molecular complexity index is 614. The topological polar surface area (TPSA) is 65.5 Å². The monoisotopic (exact) mass is 372 g/mol. The van der Waals surface area contributed by atoms with E-state index in [9.17, 15) is 9.59 Å². The van der Waals surface area contributed by atoms with Crippen molar-refractivity contribution in [2.24, 2.45) is 5.92 Å². The third-order valence-corrected chi connectivity index (χ3v) is 5.81. The van der Waals surface area contributed by atoms with E-state index in [1.807, 2.05) is 17.0 Å². The first-order valence-electron chi connectivity index (χ1n) is 10.4. The van der Waals surface area contributed by atoms with E-state index in [0.29, 0.717) is 24.9 Å². The number of amides is 2. The number of hydrogen-bond acceptors (Lipinski definition) is 4. The molecular weight excluding hydrogens is 340 g/mol. The van der Waals surface area contributed by atoms with Crippen molar-refractivity contribution in [1.82, 2.24) is 20.1 Å². The normalized spacial score (nSPS) is 21.8. The molecule has 2 fully saturated rings. The Labute approximate surface area is 162 Å². The predicted molar refractivity (Wildman–Crippen MR) is 105 cm³/mol.